The van der Waals surface area contributed by atoms with Crippen molar-refractivity contribution in [2.45, 2.75) is 0 Å². The average Bonchev–Trinajstić information content (AvgIpc) is 3.21. The summed E-state index contributed by atoms with van der Waals surface area (Å²) in [5.41, 5.74) is 7.81. The molecule has 2 amide bonds. The molecule has 0 saturated carbocycles. The minimum atomic E-state index is -0.755. The molecule has 14 heteroatoms. The molecule has 0 saturated heterocycles. The van der Waals surface area contributed by atoms with Gasteiger partial charge in [-0.05, 0) is 55.2 Å². The molecule has 0 radical (unpaired) electrons. The van der Waals surface area contributed by atoms with E-state index in [4.69, 9.17) is 36.5 Å². The molecule has 0 bridgehead atoms. The van der Waals surface area contributed by atoms with Crippen molar-refractivity contribution in [2.24, 2.45) is 20.7 Å². The van der Waals surface area contributed by atoms with E-state index in [9.17, 15) is 18.4 Å². The van der Waals surface area contributed by atoms with Crippen LogP contribution in [0.2, 0.25) is 5.02 Å². The second-order valence-electron chi connectivity index (χ2n) is 10.5. The molecular formula is C35H37ClF2N6O5. The highest BCUT2D eigenvalue weighted by atomic mass is 35.5. The number of benzene rings is 3. The van der Waals surface area contributed by atoms with Crippen LogP contribution in [0, 0.1) is 11.6 Å². The summed E-state index contributed by atoms with van der Waals surface area (Å²) >= 11 is 6.33. The van der Waals surface area contributed by atoms with Gasteiger partial charge in [-0.1, -0.05) is 23.7 Å². The van der Waals surface area contributed by atoms with E-state index in [2.05, 4.69) is 27.3 Å². The van der Waals surface area contributed by atoms with Gasteiger partial charge in [0.05, 0.1) is 75.4 Å². The van der Waals surface area contributed by atoms with Gasteiger partial charge in [0.25, 0.3) is 5.91 Å². The van der Waals surface area contributed by atoms with E-state index < -0.39 is 17.5 Å². The zero-order valence-corrected chi connectivity index (χ0v) is 27.5. The second kappa shape index (κ2) is 19.4. The van der Waals surface area contributed by atoms with Crippen LogP contribution in [0.4, 0.5) is 14.5 Å². The van der Waals surface area contributed by atoms with Gasteiger partial charge in [-0.15, -0.1) is 0 Å². The predicted molar refractivity (Wildman–Crippen MR) is 185 cm³/mol. The number of carbonyl (C=O) groups excluding carboxylic acids is 2. The van der Waals surface area contributed by atoms with Crippen LogP contribution in [0.1, 0.15) is 27.0 Å². The number of aliphatic imine (C=N–C) groups is 3. The van der Waals surface area contributed by atoms with Crippen molar-refractivity contribution in [3.63, 3.8) is 0 Å². The number of hydrogen-bond acceptors (Lipinski definition) is 9. The summed E-state index contributed by atoms with van der Waals surface area (Å²) in [5.74, 6) is -2.21. The fourth-order valence-corrected chi connectivity index (χ4v) is 4.92. The third-order valence-electron chi connectivity index (χ3n) is 7.02. The Hall–Kier alpha value is -4.66. The first kappa shape index (κ1) is 37.2. The Kier molecular flexibility index (Phi) is 14.7. The topological polar surface area (TPSA) is 149 Å². The third-order valence-corrected chi connectivity index (χ3v) is 7.25. The number of primary amides is 1. The summed E-state index contributed by atoms with van der Waals surface area (Å²) in [4.78, 5) is 36.6. The lowest BCUT2D eigenvalue weighted by Crippen LogP contribution is -2.31. The summed E-state index contributed by atoms with van der Waals surface area (Å²) in [5, 5.41) is 6.01. The maximum absolute atomic E-state index is 14.9. The Bertz CT molecular complexity index is 1690. The zero-order valence-electron chi connectivity index (χ0n) is 26.7. The minimum absolute atomic E-state index is 0.0229. The molecule has 1 aliphatic rings. The standard InChI is InChI=1S/C35H37ClF2N6O5/c1-40-20-24-21-43-34(32-29(37)3-2-4-30(32)38)28-19-25(36)7-10-27(28)33(24)44-26-8-5-23(6-9-26)35(46)42-12-14-48-16-18-49-17-15-47-13-11-41-22-31(39)45/h2-10,19-20,41H,1,11-18,21-22H2,(H2,39,45)(H,42,46)/b24-20-,44-33?. The number of fused-ring (bicyclic) bond motifs is 1. The van der Waals surface area contributed by atoms with Crippen molar-refractivity contribution >= 4 is 47.2 Å². The molecule has 4 N–H and O–H groups in total. The molecule has 0 aromatic heterocycles. The van der Waals surface area contributed by atoms with Gasteiger partial charge in [0.1, 0.15) is 11.6 Å². The molecular weight excluding hydrogens is 658 g/mol. The van der Waals surface area contributed by atoms with Gasteiger partial charge in [-0.2, -0.15) is 0 Å². The van der Waals surface area contributed by atoms with E-state index in [1.807, 2.05) is 0 Å². The monoisotopic (exact) mass is 694 g/mol. The van der Waals surface area contributed by atoms with Crippen LogP contribution in [0.15, 0.2) is 87.4 Å². The van der Waals surface area contributed by atoms with Crippen molar-refractivity contribution < 1.29 is 32.6 Å². The van der Waals surface area contributed by atoms with Gasteiger partial charge in [-0.25, -0.2) is 13.8 Å². The van der Waals surface area contributed by atoms with Gasteiger partial charge in [0, 0.05) is 46.6 Å². The smallest absolute Gasteiger partial charge is 0.251 e. The maximum atomic E-state index is 14.9. The number of amides is 2. The van der Waals surface area contributed by atoms with E-state index in [1.54, 1.807) is 42.5 Å². The average molecular weight is 695 g/mol. The lowest BCUT2D eigenvalue weighted by molar-refractivity contribution is -0.117. The van der Waals surface area contributed by atoms with Gasteiger partial charge >= 0.3 is 0 Å². The molecule has 0 aliphatic carbocycles. The molecule has 49 heavy (non-hydrogen) atoms. The normalized spacial score (nSPS) is 14.3. The van der Waals surface area contributed by atoms with Crippen LogP contribution in [0.25, 0.3) is 0 Å². The van der Waals surface area contributed by atoms with Gasteiger partial charge in [0.2, 0.25) is 5.91 Å². The third kappa shape index (κ3) is 11.2. The Labute approximate surface area is 287 Å². The van der Waals surface area contributed by atoms with E-state index in [1.165, 1.54) is 24.4 Å². The molecule has 0 spiro atoms. The quantitative estimate of drug-likeness (QED) is 0.135. The first-order valence-electron chi connectivity index (χ1n) is 15.4. The van der Waals surface area contributed by atoms with Crippen LogP contribution in [0.5, 0.6) is 0 Å². The van der Waals surface area contributed by atoms with Gasteiger partial charge in [-0.3, -0.25) is 19.6 Å². The molecule has 1 aliphatic heterocycles. The van der Waals surface area contributed by atoms with E-state index >= 15 is 0 Å². The van der Waals surface area contributed by atoms with Crippen LogP contribution >= 0.6 is 11.6 Å². The Morgan fingerprint density at radius 1 is 0.918 bits per heavy atom. The molecule has 0 unspecified atom stereocenters. The summed E-state index contributed by atoms with van der Waals surface area (Å²) in [7, 11) is 0. The van der Waals surface area contributed by atoms with Crippen LogP contribution in [0.3, 0.4) is 0 Å². The molecule has 3 aromatic rings. The summed E-state index contributed by atoms with van der Waals surface area (Å²) < 4.78 is 46.1. The Morgan fingerprint density at radius 3 is 2.22 bits per heavy atom. The Morgan fingerprint density at radius 2 is 1.57 bits per heavy atom. The van der Waals surface area contributed by atoms with Crippen molar-refractivity contribution in [2.75, 3.05) is 65.8 Å². The number of hydrogen-bond donors (Lipinski definition) is 3. The van der Waals surface area contributed by atoms with Crippen LogP contribution in [-0.4, -0.2) is 95.8 Å². The lowest BCUT2D eigenvalue weighted by atomic mass is 9.93. The summed E-state index contributed by atoms with van der Waals surface area (Å²) in [6.07, 6.45) is 1.50. The zero-order chi connectivity index (χ0) is 35.0. The van der Waals surface area contributed by atoms with Crippen molar-refractivity contribution in [1.82, 2.24) is 10.6 Å². The molecule has 258 valence electrons. The molecule has 0 atom stereocenters. The molecule has 11 nitrogen and oxygen atoms in total. The number of carbonyl (C=O) groups is 2. The van der Waals surface area contributed by atoms with Gasteiger partial charge < -0.3 is 30.6 Å². The largest absolute Gasteiger partial charge is 0.378 e. The van der Waals surface area contributed by atoms with Crippen molar-refractivity contribution in [3.8, 4) is 0 Å². The van der Waals surface area contributed by atoms with E-state index in [0.717, 1.165) is 0 Å². The highest BCUT2D eigenvalue weighted by Gasteiger charge is 2.26. The van der Waals surface area contributed by atoms with Crippen molar-refractivity contribution in [1.29, 1.82) is 0 Å². The number of ether oxygens (including phenoxy) is 3. The number of nitrogens with zero attached hydrogens (tertiary/aromatic N) is 3. The van der Waals surface area contributed by atoms with Crippen molar-refractivity contribution in [3.05, 3.63) is 111 Å². The lowest BCUT2D eigenvalue weighted by Gasteiger charge is -2.13. The molecule has 0 fully saturated rings. The van der Waals surface area contributed by atoms with Crippen LogP contribution < -0.4 is 16.4 Å². The van der Waals surface area contributed by atoms with Crippen LogP contribution in [-0.2, 0) is 19.0 Å². The summed E-state index contributed by atoms with van der Waals surface area (Å²) in [6.45, 7) is 6.83. The SMILES string of the molecule is C=N/C=C1/CN=C(c2c(F)cccc2F)c2cc(Cl)ccc2C1=Nc1ccc(C(=O)NCCOCCOCCOCCNCC(N)=O)cc1. The number of nitrogens with one attached hydrogen (secondary N) is 2. The molecule has 3 aromatic carbocycles. The Balaban J connectivity index is 1.32. The highest BCUT2D eigenvalue weighted by molar-refractivity contribution is 6.32. The molecule has 4 rings (SSSR count). The minimum Gasteiger partial charge on any atom is -0.378 e. The highest BCUT2D eigenvalue weighted by Crippen LogP contribution is 2.30. The van der Waals surface area contributed by atoms with E-state index in [-0.39, 0.29) is 30.3 Å². The first-order chi connectivity index (χ1) is 23.8. The fraction of sp³-hybridized carbons (Fsp3) is 0.286. The second-order valence-corrected chi connectivity index (χ2v) is 11.0. The number of halogens is 3. The fourth-order valence-electron chi connectivity index (χ4n) is 4.75. The number of rotatable bonds is 18. The maximum Gasteiger partial charge on any atom is 0.251 e. The van der Waals surface area contributed by atoms with Gasteiger partial charge in [0.15, 0.2) is 0 Å². The van der Waals surface area contributed by atoms with E-state index in [0.29, 0.717) is 91.4 Å². The first-order valence-corrected chi connectivity index (χ1v) is 15.8. The summed E-state index contributed by atoms with van der Waals surface area (Å²) in [6, 6.07) is 15.3. The number of nitrogens with two attached hydrogens (primary N) is 1. The molecule has 1 heterocycles. The predicted octanol–water partition coefficient (Wildman–Crippen LogP) is 4.03.